The molecular formula is C33H29N3O3S2. The predicted molar refractivity (Wildman–Crippen MR) is 168 cm³/mol. The summed E-state index contributed by atoms with van der Waals surface area (Å²) in [7, 11) is 1.59. The van der Waals surface area contributed by atoms with Crippen LogP contribution in [0.1, 0.15) is 31.6 Å². The molecule has 2 amide bonds. The van der Waals surface area contributed by atoms with Crippen LogP contribution in [-0.4, -0.2) is 23.9 Å². The molecule has 0 fully saturated rings. The Morgan fingerprint density at radius 1 is 0.854 bits per heavy atom. The van der Waals surface area contributed by atoms with Crippen molar-refractivity contribution < 1.29 is 14.3 Å². The monoisotopic (exact) mass is 579 g/mol. The highest BCUT2D eigenvalue weighted by atomic mass is 32.2. The number of hydrogen-bond donors (Lipinski definition) is 2. The number of hydrogen-bond acceptors (Lipinski definition) is 6. The number of carbonyl (C=O) groups excluding carboxylic acids is 2. The Morgan fingerprint density at radius 3 is 2.29 bits per heavy atom. The number of carbonyl (C=O) groups is 2. The molecule has 1 unspecified atom stereocenters. The number of amides is 2. The third-order valence-electron chi connectivity index (χ3n) is 6.39. The zero-order chi connectivity index (χ0) is 28.8. The maximum atomic E-state index is 13.7. The third-order valence-corrected chi connectivity index (χ3v) is 8.52. The van der Waals surface area contributed by atoms with Crippen LogP contribution < -0.4 is 15.4 Å². The van der Waals surface area contributed by atoms with Gasteiger partial charge >= 0.3 is 0 Å². The molecule has 5 aromatic rings. The van der Waals surface area contributed by atoms with E-state index < -0.39 is 5.25 Å². The number of anilines is 2. The lowest BCUT2D eigenvalue weighted by Gasteiger charge is -2.17. The maximum Gasteiger partial charge on any atom is 0.255 e. The van der Waals surface area contributed by atoms with Crippen LogP contribution in [0.25, 0.3) is 11.3 Å². The van der Waals surface area contributed by atoms with Crippen molar-refractivity contribution in [2.24, 2.45) is 0 Å². The Labute approximate surface area is 247 Å². The van der Waals surface area contributed by atoms with E-state index in [0.717, 1.165) is 26.6 Å². The van der Waals surface area contributed by atoms with Crippen molar-refractivity contribution in [1.82, 2.24) is 4.98 Å². The SMILES string of the molecule is COc1ccc(C(=O)Nc2cccc(SC(C(=O)Nc3nc(-c4ccc(C)cc4)c(C)s3)c3ccccc3)c2)cc1. The second-order valence-corrected chi connectivity index (χ2v) is 11.8. The summed E-state index contributed by atoms with van der Waals surface area (Å²) in [6.07, 6.45) is 0. The second kappa shape index (κ2) is 12.8. The zero-order valence-electron chi connectivity index (χ0n) is 22.9. The molecule has 8 heteroatoms. The van der Waals surface area contributed by atoms with Crippen LogP contribution in [0, 0.1) is 13.8 Å². The molecule has 1 atom stereocenters. The van der Waals surface area contributed by atoms with Gasteiger partial charge in [0.05, 0.1) is 12.8 Å². The maximum absolute atomic E-state index is 13.7. The van der Waals surface area contributed by atoms with E-state index >= 15 is 0 Å². The molecule has 0 aliphatic carbocycles. The fourth-order valence-corrected chi connectivity index (χ4v) is 6.15. The van der Waals surface area contributed by atoms with Crippen molar-refractivity contribution >= 4 is 45.7 Å². The van der Waals surface area contributed by atoms with Gasteiger partial charge in [-0.3, -0.25) is 9.59 Å². The zero-order valence-corrected chi connectivity index (χ0v) is 24.5. The van der Waals surface area contributed by atoms with E-state index in [1.165, 1.54) is 28.7 Å². The first-order valence-corrected chi connectivity index (χ1v) is 14.7. The molecule has 0 saturated carbocycles. The number of aryl methyl sites for hydroxylation is 2. The van der Waals surface area contributed by atoms with Gasteiger partial charge in [0.1, 0.15) is 11.0 Å². The van der Waals surface area contributed by atoms with E-state index in [1.54, 1.807) is 31.4 Å². The highest BCUT2D eigenvalue weighted by Gasteiger charge is 2.24. The smallest absolute Gasteiger partial charge is 0.255 e. The molecule has 0 bridgehead atoms. The molecule has 5 rings (SSSR count). The topological polar surface area (TPSA) is 80.3 Å². The largest absolute Gasteiger partial charge is 0.497 e. The van der Waals surface area contributed by atoms with Crippen LogP contribution >= 0.6 is 23.1 Å². The van der Waals surface area contributed by atoms with E-state index in [9.17, 15) is 9.59 Å². The number of benzene rings is 4. The molecule has 1 aromatic heterocycles. The lowest BCUT2D eigenvalue weighted by Crippen LogP contribution is -2.19. The van der Waals surface area contributed by atoms with Crippen molar-refractivity contribution in [1.29, 1.82) is 0 Å². The predicted octanol–water partition coefficient (Wildman–Crippen LogP) is 8.16. The Balaban J connectivity index is 1.34. The number of rotatable bonds is 9. The first kappa shape index (κ1) is 28.1. The Bertz CT molecular complexity index is 1650. The van der Waals surface area contributed by atoms with Gasteiger partial charge < -0.3 is 15.4 Å². The lowest BCUT2D eigenvalue weighted by molar-refractivity contribution is -0.115. The second-order valence-electron chi connectivity index (χ2n) is 9.40. The number of thioether (sulfide) groups is 1. The molecule has 1 heterocycles. The van der Waals surface area contributed by atoms with Gasteiger partial charge in [-0.2, -0.15) is 0 Å². The average molecular weight is 580 g/mol. The lowest BCUT2D eigenvalue weighted by atomic mass is 10.1. The minimum absolute atomic E-state index is 0.168. The van der Waals surface area contributed by atoms with E-state index in [4.69, 9.17) is 9.72 Å². The fraction of sp³-hybridized carbons (Fsp3) is 0.121. The summed E-state index contributed by atoms with van der Waals surface area (Å²) in [5.41, 5.74) is 5.11. The van der Waals surface area contributed by atoms with Crippen LogP contribution in [0.3, 0.4) is 0 Å². The number of methoxy groups -OCH3 is 1. The minimum atomic E-state index is -0.532. The van der Waals surface area contributed by atoms with Crippen molar-refractivity contribution in [3.05, 3.63) is 125 Å². The molecule has 206 valence electrons. The highest BCUT2D eigenvalue weighted by molar-refractivity contribution is 8.00. The quantitative estimate of drug-likeness (QED) is 0.172. The van der Waals surface area contributed by atoms with Crippen LogP contribution in [0.5, 0.6) is 5.75 Å². The molecule has 0 aliphatic rings. The van der Waals surface area contributed by atoms with Gasteiger partial charge in [0.2, 0.25) is 5.91 Å². The van der Waals surface area contributed by atoms with Gasteiger partial charge in [-0.05, 0) is 61.9 Å². The number of aromatic nitrogens is 1. The van der Waals surface area contributed by atoms with Crippen LogP contribution in [0.2, 0.25) is 0 Å². The third kappa shape index (κ3) is 7.03. The Morgan fingerprint density at radius 2 is 1.59 bits per heavy atom. The number of nitrogens with one attached hydrogen (secondary N) is 2. The standard InChI is InChI=1S/C33H29N3O3S2/c1-21-12-14-23(15-13-21)29-22(2)40-33(35-29)36-32(38)30(24-8-5-4-6-9-24)41-28-11-7-10-26(20-28)34-31(37)25-16-18-27(39-3)19-17-25/h4-20,30H,1-3H3,(H,34,37)(H,35,36,38). The average Bonchev–Trinajstić information content (AvgIpc) is 3.36. The molecule has 0 saturated heterocycles. The van der Waals surface area contributed by atoms with Crippen molar-refractivity contribution in [3.63, 3.8) is 0 Å². The normalized spacial score (nSPS) is 11.5. The van der Waals surface area contributed by atoms with Crippen molar-refractivity contribution in [2.45, 2.75) is 24.0 Å². The molecular weight excluding hydrogens is 551 g/mol. The summed E-state index contributed by atoms with van der Waals surface area (Å²) >= 11 is 2.88. The van der Waals surface area contributed by atoms with Crippen LogP contribution in [0.15, 0.2) is 108 Å². The molecule has 0 spiro atoms. The van der Waals surface area contributed by atoms with Gasteiger partial charge in [-0.15, -0.1) is 23.1 Å². The van der Waals surface area contributed by atoms with E-state index in [-0.39, 0.29) is 11.8 Å². The van der Waals surface area contributed by atoms with Gasteiger partial charge in [0.25, 0.3) is 5.91 Å². The molecule has 0 radical (unpaired) electrons. The molecule has 41 heavy (non-hydrogen) atoms. The van der Waals surface area contributed by atoms with Crippen LogP contribution in [-0.2, 0) is 4.79 Å². The minimum Gasteiger partial charge on any atom is -0.497 e. The van der Waals surface area contributed by atoms with Gasteiger partial charge in [0.15, 0.2) is 5.13 Å². The van der Waals surface area contributed by atoms with Gasteiger partial charge in [-0.25, -0.2) is 4.98 Å². The summed E-state index contributed by atoms with van der Waals surface area (Å²) in [6.45, 7) is 4.06. The molecule has 6 nitrogen and oxygen atoms in total. The van der Waals surface area contributed by atoms with E-state index in [1.807, 2.05) is 73.7 Å². The van der Waals surface area contributed by atoms with E-state index in [0.29, 0.717) is 22.1 Å². The highest BCUT2D eigenvalue weighted by Crippen LogP contribution is 2.38. The summed E-state index contributed by atoms with van der Waals surface area (Å²) < 4.78 is 5.17. The first-order chi connectivity index (χ1) is 19.9. The van der Waals surface area contributed by atoms with Gasteiger partial charge in [0, 0.05) is 26.6 Å². The van der Waals surface area contributed by atoms with Crippen molar-refractivity contribution in [3.8, 4) is 17.0 Å². The molecule has 2 N–H and O–H groups in total. The number of thiazole rings is 1. The van der Waals surface area contributed by atoms with Crippen molar-refractivity contribution in [2.75, 3.05) is 17.7 Å². The Hall–Kier alpha value is -4.40. The summed E-state index contributed by atoms with van der Waals surface area (Å²) in [5, 5.41) is 6.02. The molecule has 4 aromatic carbocycles. The van der Waals surface area contributed by atoms with E-state index in [2.05, 4.69) is 29.7 Å². The summed E-state index contributed by atoms with van der Waals surface area (Å²) in [5.74, 6) is 0.290. The summed E-state index contributed by atoms with van der Waals surface area (Å²) in [4.78, 5) is 33.1. The van der Waals surface area contributed by atoms with Gasteiger partial charge in [-0.1, -0.05) is 66.2 Å². The number of nitrogens with zero attached hydrogens (tertiary/aromatic N) is 1. The summed E-state index contributed by atoms with van der Waals surface area (Å²) in [6, 6.07) is 32.3. The molecule has 0 aliphatic heterocycles. The Kier molecular flexibility index (Phi) is 8.82. The van der Waals surface area contributed by atoms with Crippen LogP contribution in [0.4, 0.5) is 10.8 Å². The number of ether oxygens (including phenoxy) is 1. The first-order valence-electron chi connectivity index (χ1n) is 13.0. The fourth-order valence-electron chi connectivity index (χ4n) is 4.23.